The van der Waals surface area contributed by atoms with E-state index in [-0.39, 0.29) is 17.4 Å². The lowest BCUT2D eigenvalue weighted by molar-refractivity contribution is 0.0986. The predicted octanol–water partition coefficient (Wildman–Crippen LogP) is 1.74. The van der Waals surface area contributed by atoms with Crippen LogP contribution in [0.1, 0.15) is 50.4 Å². The number of anilines is 2. The molecule has 0 saturated carbocycles. The second kappa shape index (κ2) is 8.93. The Morgan fingerprint density at radius 1 is 1.20 bits per heavy atom. The van der Waals surface area contributed by atoms with Gasteiger partial charge in [-0.25, -0.2) is 9.48 Å². The molecule has 10 nitrogen and oxygen atoms in total. The van der Waals surface area contributed by atoms with Gasteiger partial charge in [-0.2, -0.15) is 0 Å². The van der Waals surface area contributed by atoms with E-state index in [1.165, 1.54) is 9.47 Å². The highest BCUT2D eigenvalue weighted by atomic mass is 16.2. The fourth-order valence-electron chi connectivity index (χ4n) is 3.41. The third kappa shape index (κ3) is 3.85. The van der Waals surface area contributed by atoms with E-state index in [1.807, 2.05) is 20.8 Å². The van der Waals surface area contributed by atoms with Crippen LogP contribution in [0.25, 0.3) is 11.0 Å². The molecular formula is C20H27N7O3. The van der Waals surface area contributed by atoms with E-state index in [1.54, 1.807) is 22.9 Å². The standard InChI is InChI=1S/C20H27N7O3/c1-4-7-11-25(16-17(21)26(10-5-2)20(30)22-18(16)28)19(29)13-8-9-15-14(12-13)23-24-27(15)6-3/h8-9,12H,4-7,10-11,21H2,1-3H3,(H,22,28,30). The smallest absolute Gasteiger partial charge is 0.330 e. The van der Waals surface area contributed by atoms with Gasteiger partial charge in [0.2, 0.25) is 0 Å². The highest BCUT2D eigenvalue weighted by Crippen LogP contribution is 2.22. The highest BCUT2D eigenvalue weighted by Gasteiger charge is 2.25. The molecule has 1 amide bonds. The molecule has 0 spiro atoms. The van der Waals surface area contributed by atoms with Crippen LogP contribution in [0.4, 0.5) is 11.5 Å². The van der Waals surface area contributed by atoms with Crippen molar-refractivity contribution in [1.82, 2.24) is 24.5 Å². The van der Waals surface area contributed by atoms with Crippen LogP contribution in [0, 0.1) is 0 Å². The van der Waals surface area contributed by atoms with Gasteiger partial charge in [-0.1, -0.05) is 25.5 Å². The lowest BCUT2D eigenvalue weighted by Crippen LogP contribution is -2.41. The number of nitrogens with zero attached hydrogens (tertiary/aromatic N) is 5. The van der Waals surface area contributed by atoms with Crippen LogP contribution in [0.15, 0.2) is 27.8 Å². The summed E-state index contributed by atoms with van der Waals surface area (Å²) in [4.78, 5) is 41.9. The number of benzene rings is 1. The number of aryl methyl sites for hydroxylation is 1. The fraction of sp³-hybridized carbons (Fsp3) is 0.450. The molecule has 0 aliphatic carbocycles. The van der Waals surface area contributed by atoms with Crippen LogP contribution < -0.4 is 21.9 Å². The number of nitrogens with two attached hydrogens (primary N) is 1. The van der Waals surface area contributed by atoms with Crippen LogP contribution in [0.3, 0.4) is 0 Å². The van der Waals surface area contributed by atoms with Gasteiger partial charge < -0.3 is 10.6 Å². The number of carbonyl (C=O) groups excluding carboxylic acids is 1. The number of H-pyrrole nitrogens is 1. The van der Waals surface area contributed by atoms with E-state index in [0.29, 0.717) is 43.6 Å². The number of rotatable bonds is 8. The van der Waals surface area contributed by atoms with Crippen molar-refractivity contribution in [3.8, 4) is 0 Å². The van der Waals surface area contributed by atoms with Crippen molar-refractivity contribution in [2.45, 2.75) is 53.1 Å². The molecule has 0 aliphatic rings. The number of carbonyl (C=O) groups is 1. The van der Waals surface area contributed by atoms with Crippen molar-refractivity contribution < 1.29 is 4.79 Å². The van der Waals surface area contributed by atoms with Gasteiger partial charge in [-0.15, -0.1) is 5.10 Å². The molecule has 0 bridgehead atoms. The molecule has 0 atom stereocenters. The van der Waals surface area contributed by atoms with Gasteiger partial charge in [0, 0.05) is 25.2 Å². The van der Waals surface area contributed by atoms with Gasteiger partial charge in [0.25, 0.3) is 11.5 Å². The van der Waals surface area contributed by atoms with Crippen molar-refractivity contribution in [2.24, 2.45) is 0 Å². The van der Waals surface area contributed by atoms with Gasteiger partial charge in [0.1, 0.15) is 11.3 Å². The van der Waals surface area contributed by atoms with Gasteiger partial charge in [-0.05, 0) is 38.0 Å². The average Bonchev–Trinajstić information content (AvgIpc) is 3.15. The van der Waals surface area contributed by atoms with Gasteiger partial charge >= 0.3 is 5.69 Å². The topological polar surface area (TPSA) is 132 Å². The molecule has 0 radical (unpaired) electrons. The Hall–Kier alpha value is -3.43. The number of hydrogen-bond donors (Lipinski definition) is 2. The van der Waals surface area contributed by atoms with Crippen LogP contribution in [0.5, 0.6) is 0 Å². The molecule has 0 aliphatic heterocycles. The number of aromatic nitrogens is 5. The summed E-state index contributed by atoms with van der Waals surface area (Å²) in [6.45, 7) is 7.15. The molecule has 0 saturated heterocycles. The third-order valence-electron chi connectivity index (χ3n) is 4.97. The first-order valence-corrected chi connectivity index (χ1v) is 10.2. The Balaban J connectivity index is 2.11. The van der Waals surface area contributed by atoms with Crippen LogP contribution in [-0.4, -0.2) is 37.0 Å². The maximum atomic E-state index is 13.4. The predicted molar refractivity (Wildman–Crippen MR) is 116 cm³/mol. The van der Waals surface area contributed by atoms with E-state index in [9.17, 15) is 14.4 Å². The lowest BCUT2D eigenvalue weighted by Gasteiger charge is -2.24. The van der Waals surface area contributed by atoms with E-state index in [2.05, 4.69) is 15.3 Å². The Morgan fingerprint density at radius 2 is 1.97 bits per heavy atom. The summed E-state index contributed by atoms with van der Waals surface area (Å²) < 4.78 is 3.03. The van der Waals surface area contributed by atoms with Gasteiger partial charge in [0.05, 0.1) is 5.52 Å². The van der Waals surface area contributed by atoms with Crippen LogP contribution >= 0.6 is 0 Å². The summed E-state index contributed by atoms with van der Waals surface area (Å²) in [5.74, 6) is -0.386. The summed E-state index contributed by atoms with van der Waals surface area (Å²) in [5, 5.41) is 8.18. The number of fused-ring (bicyclic) bond motifs is 1. The van der Waals surface area contributed by atoms with Crippen molar-refractivity contribution in [3.63, 3.8) is 0 Å². The molecule has 10 heteroatoms. The summed E-state index contributed by atoms with van der Waals surface area (Å²) >= 11 is 0. The maximum Gasteiger partial charge on any atom is 0.330 e. The van der Waals surface area contributed by atoms with Crippen LogP contribution in [0.2, 0.25) is 0 Å². The quantitative estimate of drug-likeness (QED) is 0.578. The molecule has 2 heterocycles. The number of aromatic amines is 1. The maximum absolute atomic E-state index is 13.4. The van der Waals surface area contributed by atoms with Crippen molar-refractivity contribution in [3.05, 3.63) is 44.6 Å². The molecule has 3 rings (SSSR count). The molecule has 3 aromatic rings. The fourth-order valence-corrected chi connectivity index (χ4v) is 3.41. The molecule has 2 aromatic heterocycles. The van der Waals surface area contributed by atoms with Gasteiger partial charge in [0.15, 0.2) is 5.69 Å². The van der Waals surface area contributed by atoms with Crippen LogP contribution in [-0.2, 0) is 13.1 Å². The molecule has 3 N–H and O–H groups in total. The van der Waals surface area contributed by atoms with Crippen molar-refractivity contribution >= 4 is 28.4 Å². The zero-order valence-electron chi connectivity index (χ0n) is 17.5. The highest BCUT2D eigenvalue weighted by molar-refractivity contribution is 6.08. The average molecular weight is 413 g/mol. The van der Waals surface area contributed by atoms with E-state index >= 15 is 0 Å². The Bertz CT molecular complexity index is 1180. The molecular weight excluding hydrogens is 386 g/mol. The molecule has 1 aromatic carbocycles. The second-order valence-corrected chi connectivity index (χ2v) is 7.06. The minimum Gasteiger partial charge on any atom is -0.383 e. The van der Waals surface area contributed by atoms with E-state index in [0.717, 1.165) is 11.9 Å². The molecule has 0 fully saturated rings. The van der Waals surface area contributed by atoms with E-state index in [4.69, 9.17) is 5.73 Å². The summed E-state index contributed by atoms with van der Waals surface area (Å²) in [6, 6.07) is 5.13. The Labute approximate surface area is 173 Å². The monoisotopic (exact) mass is 413 g/mol. The summed E-state index contributed by atoms with van der Waals surface area (Å²) in [6.07, 6.45) is 2.15. The third-order valence-corrected chi connectivity index (χ3v) is 4.97. The van der Waals surface area contributed by atoms with Crippen molar-refractivity contribution in [2.75, 3.05) is 17.2 Å². The van der Waals surface area contributed by atoms with E-state index < -0.39 is 11.2 Å². The minimum absolute atomic E-state index is 0.00110. The summed E-state index contributed by atoms with van der Waals surface area (Å²) in [7, 11) is 0. The van der Waals surface area contributed by atoms with Crippen molar-refractivity contribution in [1.29, 1.82) is 0 Å². The lowest BCUT2D eigenvalue weighted by atomic mass is 10.1. The zero-order valence-corrected chi connectivity index (χ0v) is 17.5. The Morgan fingerprint density at radius 3 is 2.63 bits per heavy atom. The minimum atomic E-state index is -0.674. The second-order valence-electron chi connectivity index (χ2n) is 7.06. The largest absolute Gasteiger partial charge is 0.383 e. The zero-order chi connectivity index (χ0) is 21.8. The van der Waals surface area contributed by atoms with Gasteiger partial charge in [-0.3, -0.25) is 19.1 Å². The normalized spacial score (nSPS) is 11.2. The SMILES string of the molecule is CCCCN(C(=O)c1ccc2c(c1)nnn2CC)c1c(N)n(CCC)c(=O)[nH]c1=O. The number of nitrogen functional groups attached to an aromatic ring is 1. The molecule has 30 heavy (non-hydrogen) atoms. The first-order chi connectivity index (χ1) is 14.4. The molecule has 0 unspecified atom stereocenters. The number of amides is 1. The number of unbranched alkanes of at least 4 members (excludes halogenated alkanes) is 1. The number of hydrogen-bond acceptors (Lipinski definition) is 6. The Kier molecular flexibility index (Phi) is 6.34. The molecule has 160 valence electrons. The summed E-state index contributed by atoms with van der Waals surface area (Å²) in [5.41, 5.74) is 6.72. The number of nitrogens with one attached hydrogen (secondary N) is 1. The first kappa shape index (κ1) is 21.3. The first-order valence-electron chi connectivity index (χ1n) is 10.2.